The van der Waals surface area contributed by atoms with E-state index < -0.39 is 5.54 Å². The molecule has 5 rings (SSSR count). The highest BCUT2D eigenvalue weighted by Crippen LogP contribution is 2.32. The van der Waals surface area contributed by atoms with Crippen molar-refractivity contribution in [2.24, 2.45) is 0 Å². The van der Waals surface area contributed by atoms with Crippen LogP contribution in [0.5, 0.6) is 5.75 Å². The topological polar surface area (TPSA) is 108 Å². The fraction of sp³-hybridized carbons (Fsp3) is 0.156. The molecule has 4 aromatic rings. The molecule has 0 bridgehead atoms. The summed E-state index contributed by atoms with van der Waals surface area (Å²) in [6.07, 6.45) is 9.03. The Balaban J connectivity index is 1.57. The monoisotopic (exact) mass is 529 g/mol. The lowest BCUT2D eigenvalue weighted by molar-refractivity contribution is -0.132. The normalized spacial score (nSPS) is 14.9. The van der Waals surface area contributed by atoms with Crippen LogP contribution in [-0.4, -0.2) is 39.2 Å². The Morgan fingerprint density at radius 2 is 1.57 bits per heavy atom. The first-order valence-corrected chi connectivity index (χ1v) is 12.8. The number of carbonyl (C=O) groups is 2. The highest BCUT2D eigenvalue weighted by molar-refractivity contribution is 6.06. The molecule has 8 nitrogen and oxygen atoms in total. The van der Waals surface area contributed by atoms with Crippen LogP contribution in [0.25, 0.3) is 0 Å². The van der Waals surface area contributed by atoms with Crippen molar-refractivity contribution in [3.05, 3.63) is 137 Å². The molecule has 1 amide bonds. The summed E-state index contributed by atoms with van der Waals surface area (Å²) in [6, 6.07) is 23.5. The minimum absolute atomic E-state index is 0.150. The SMILES string of the molecule is COc1cccc(CN2C(=O)C(Cc3ccncc3)(Cc3ccncc3)NC2=CC(=O)c2ccc(C#N)cc2)c1. The average molecular weight is 530 g/mol. The summed E-state index contributed by atoms with van der Waals surface area (Å²) in [5, 5.41) is 12.6. The Hall–Kier alpha value is -5.29. The molecule has 0 aliphatic carbocycles. The number of rotatable bonds is 9. The molecular weight excluding hydrogens is 502 g/mol. The Morgan fingerprint density at radius 3 is 2.15 bits per heavy atom. The van der Waals surface area contributed by atoms with Crippen molar-refractivity contribution in [3.63, 3.8) is 0 Å². The van der Waals surface area contributed by atoms with Crippen molar-refractivity contribution in [1.29, 1.82) is 5.26 Å². The number of amides is 1. The third-order valence-electron chi connectivity index (χ3n) is 6.86. The maximum absolute atomic E-state index is 14.4. The van der Waals surface area contributed by atoms with Crippen LogP contribution in [0, 0.1) is 11.3 Å². The average Bonchev–Trinajstić information content (AvgIpc) is 3.23. The molecule has 0 atom stereocenters. The Kier molecular flexibility index (Phi) is 7.65. The summed E-state index contributed by atoms with van der Waals surface area (Å²) in [6.45, 7) is 0.240. The number of nitrogens with one attached hydrogen (secondary N) is 1. The number of hydrogen-bond acceptors (Lipinski definition) is 7. The summed E-state index contributed by atoms with van der Waals surface area (Å²) in [4.78, 5) is 37.6. The van der Waals surface area contributed by atoms with Gasteiger partial charge in [-0.05, 0) is 77.4 Å². The number of ketones is 1. The van der Waals surface area contributed by atoms with E-state index in [1.165, 1.54) is 6.08 Å². The number of nitrogens with zero attached hydrogens (tertiary/aromatic N) is 4. The van der Waals surface area contributed by atoms with E-state index in [0.29, 0.717) is 35.5 Å². The predicted molar refractivity (Wildman–Crippen MR) is 149 cm³/mol. The number of carbonyl (C=O) groups excluding carboxylic acids is 2. The first-order valence-electron chi connectivity index (χ1n) is 12.8. The highest BCUT2D eigenvalue weighted by Gasteiger charge is 2.49. The molecular formula is C32H27N5O3. The number of methoxy groups -OCH3 is 1. The van der Waals surface area contributed by atoms with E-state index >= 15 is 0 Å². The van der Waals surface area contributed by atoms with E-state index in [1.54, 1.807) is 61.1 Å². The molecule has 1 aliphatic heterocycles. The van der Waals surface area contributed by atoms with Crippen LogP contribution < -0.4 is 10.1 Å². The van der Waals surface area contributed by atoms with Gasteiger partial charge in [-0.25, -0.2) is 0 Å². The van der Waals surface area contributed by atoms with Crippen LogP contribution in [0.4, 0.5) is 0 Å². The van der Waals surface area contributed by atoms with E-state index in [9.17, 15) is 9.59 Å². The lowest BCUT2D eigenvalue weighted by Gasteiger charge is -2.28. The van der Waals surface area contributed by atoms with E-state index in [-0.39, 0.29) is 18.2 Å². The zero-order chi connectivity index (χ0) is 28.0. The molecule has 40 heavy (non-hydrogen) atoms. The van der Waals surface area contributed by atoms with E-state index in [1.807, 2.05) is 48.5 Å². The van der Waals surface area contributed by atoms with Gasteiger partial charge in [0.1, 0.15) is 17.1 Å². The van der Waals surface area contributed by atoms with Crippen molar-refractivity contribution in [2.45, 2.75) is 24.9 Å². The third-order valence-corrected chi connectivity index (χ3v) is 6.86. The lowest BCUT2D eigenvalue weighted by Crippen LogP contribution is -2.50. The number of nitriles is 1. The van der Waals surface area contributed by atoms with Crippen LogP contribution in [0.3, 0.4) is 0 Å². The summed E-state index contributed by atoms with van der Waals surface area (Å²) >= 11 is 0. The zero-order valence-electron chi connectivity index (χ0n) is 21.9. The van der Waals surface area contributed by atoms with Gasteiger partial charge in [0.05, 0.1) is 25.3 Å². The van der Waals surface area contributed by atoms with Crippen molar-refractivity contribution in [3.8, 4) is 11.8 Å². The zero-order valence-corrected chi connectivity index (χ0v) is 21.9. The highest BCUT2D eigenvalue weighted by atomic mass is 16.5. The molecule has 1 aliphatic rings. The van der Waals surface area contributed by atoms with Gasteiger partial charge in [-0.15, -0.1) is 0 Å². The Bertz CT molecular complexity index is 1540. The van der Waals surface area contributed by atoms with E-state index in [4.69, 9.17) is 10.00 Å². The smallest absolute Gasteiger partial charge is 0.254 e. The van der Waals surface area contributed by atoms with E-state index in [0.717, 1.165) is 16.7 Å². The second-order valence-corrected chi connectivity index (χ2v) is 9.60. The van der Waals surface area contributed by atoms with Crippen molar-refractivity contribution in [2.75, 3.05) is 7.11 Å². The molecule has 1 saturated heterocycles. The van der Waals surface area contributed by atoms with Gasteiger partial charge in [-0.2, -0.15) is 5.26 Å². The van der Waals surface area contributed by atoms with Crippen molar-refractivity contribution >= 4 is 11.7 Å². The van der Waals surface area contributed by atoms with Crippen LogP contribution in [0.2, 0.25) is 0 Å². The number of allylic oxidation sites excluding steroid dienone is 1. The number of benzene rings is 2. The second-order valence-electron chi connectivity index (χ2n) is 9.60. The van der Waals surface area contributed by atoms with E-state index in [2.05, 4.69) is 21.4 Å². The number of ether oxygens (including phenoxy) is 1. The summed E-state index contributed by atoms with van der Waals surface area (Å²) in [7, 11) is 1.59. The maximum atomic E-state index is 14.4. The first kappa shape index (κ1) is 26.3. The molecule has 1 fully saturated rings. The van der Waals surface area contributed by atoms with Crippen molar-refractivity contribution < 1.29 is 14.3 Å². The van der Waals surface area contributed by atoms with Gasteiger partial charge in [-0.1, -0.05) is 12.1 Å². The molecule has 2 aromatic carbocycles. The van der Waals surface area contributed by atoms with Crippen LogP contribution in [0.15, 0.2) is 109 Å². The molecule has 2 aromatic heterocycles. The predicted octanol–water partition coefficient (Wildman–Crippen LogP) is 4.24. The fourth-order valence-electron chi connectivity index (χ4n) is 4.88. The number of pyridine rings is 2. The molecule has 8 heteroatoms. The minimum atomic E-state index is -1.06. The molecule has 0 unspecified atom stereocenters. The van der Waals surface area contributed by atoms with Crippen LogP contribution >= 0.6 is 0 Å². The summed E-state index contributed by atoms with van der Waals surface area (Å²) < 4.78 is 5.39. The second kappa shape index (κ2) is 11.6. The minimum Gasteiger partial charge on any atom is -0.497 e. The maximum Gasteiger partial charge on any atom is 0.254 e. The molecule has 198 valence electrons. The molecule has 3 heterocycles. The van der Waals surface area contributed by atoms with Gasteiger partial charge in [0.25, 0.3) is 5.91 Å². The lowest BCUT2D eigenvalue weighted by atomic mass is 9.85. The molecule has 0 saturated carbocycles. The third kappa shape index (κ3) is 5.74. The molecule has 0 radical (unpaired) electrons. The van der Waals surface area contributed by atoms with Gasteiger partial charge in [0, 0.05) is 49.3 Å². The molecule has 1 N–H and O–H groups in total. The summed E-state index contributed by atoms with van der Waals surface area (Å²) in [5.41, 5.74) is 2.56. The van der Waals surface area contributed by atoms with Gasteiger partial charge >= 0.3 is 0 Å². The quantitative estimate of drug-likeness (QED) is 0.255. The van der Waals surface area contributed by atoms with Crippen molar-refractivity contribution in [1.82, 2.24) is 20.2 Å². The fourth-order valence-corrected chi connectivity index (χ4v) is 4.88. The Morgan fingerprint density at radius 1 is 0.950 bits per heavy atom. The Labute approximate surface area is 232 Å². The largest absolute Gasteiger partial charge is 0.497 e. The van der Waals surface area contributed by atoms with Gasteiger partial charge in [0.15, 0.2) is 5.78 Å². The number of aromatic nitrogens is 2. The van der Waals surface area contributed by atoms with Gasteiger partial charge in [0.2, 0.25) is 0 Å². The van der Waals surface area contributed by atoms with Gasteiger partial charge in [-0.3, -0.25) is 24.5 Å². The standard InChI is InChI=1S/C32H27N5O3/c1-40-28-4-2-3-26(17-28)22-37-30(18-29(38)27-7-5-25(21-33)6-8-27)36-32(31(37)39,19-23-9-13-34-14-10-23)20-24-11-15-35-16-12-24/h2-18,36H,19-20,22H2,1H3. The van der Waals surface area contributed by atoms with Gasteiger partial charge < -0.3 is 10.1 Å². The summed E-state index contributed by atoms with van der Waals surface area (Å²) in [5.74, 6) is 0.656. The number of hydrogen-bond donors (Lipinski definition) is 1. The van der Waals surface area contributed by atoms with Crippen LogP contribution in [-0.2, 0) is 24.2 Å². The van der Waals surface area contributed by atoms with Crippen LogP contribution in [0.1, 0.15) is 32.6 Å². The first-order chi connectivity index (χ1) is 19.5. The molecule has 0 spiro atoms.